The summed E-state index contributed by atoms with van der Waals surface area (Å²) in [5.74, 6) is 0.705. The third-order valence-corrected chi connectivity index (χ3v) is 2.92. The number of hydrogen-bond donors (Lipinski definition) is 1. The van der Waals surface area contributed by atoms with Crippen LogP contribution in [-0.2, 0) is 0 Å². The Balaban J connectivity index is 3.76. The highest BCUT2D eigenvalue weighted by molar-refractivity contribution is 4.73. The van der Waals surface area contributed by atoms with E-state index in [0.717, 1.165) is 13.1 Å². The quantitative estimate of drug-likeness (QED) is 0.646. The highest BCUT2D eigenvalue weighted by Crippen LogP contribution is 2.03. The van der Waals surface area contributed by atoms with Crippen LogP contribution in [0.2, 0.25) is 0 Å². The molecule has 16 heavy (non-hydrogen) atoms. The highest BCUT2D eigenvalue weighted by atomic mass is 15.1. The molecular weight excluding hydrogens is 198 g/mol. The molecule has 1 unspecified atom stereocenters. The zero-order valence-corrected chi connectivity index (χ0v) is 12.1. The first-order valence-electron chi connectivity index (χ1n) is 6.54. The van der Waals surface area contributed by atoms with Gasteiger partial charge in [-0.15, -0.1) is 0 Å². The fraction of sp³-hybridized carbons (Fsp3) is 1.00. The van der Waals surface area contributed by atoms with Gasteiger partial charge in [0.05, 0.1) is 0 Å². The topological polar surface area (TPSA) is 18.5 Å². The zero-order chi connectivity index (χ0) is 12.6. The van der Waals surface area contributed by atoms with Gasteiger partial charge < -0.3 is 15.1 Å². The van der Waals surface area contributed by atoms with E-state index in [-0.39, 0.29) is 0 Å². The van der Waals surface area contributed by atoms with E-state index in [1.165, 1.54) is 19.5 Å². The van der Waals surface area contributed by atoms with Gasteiger partial charge in [-0.1, -0.05) is 20.8 Å². The monoisotopic (exact) mass is 229 g/mol. The van der Waals surface area contributed by atoms with Gasteiger partial charge in [0.15, 0.2) is 0 Å². The molecule has 1 N–H and O–H groups in total. The van der Waals surface area contributed by atoms with Crippen molar-refractivity contribution in [3.8, 4) is 0 Å². The van der Waals surface area contributed by atoms with Crippen molar-refractivity contribution in [3.63, 3.8) is 0 Å². The maximum atomic E-state index is 3.56. The Morgan fingerprint density at radius 2 is 1.69 bits per heavy atom. The van der Waals surface area contributed by atoms with Crippen molar-refractivity contribution in [1.29, 1.82) is 0 Å². The molecule has 0 fully saturated rings. The van der Waals surface area contributed by atoms with E-state index in [9.17, 15) is 0 Å². The Labute approximate surface area is 102 Å². The Morgan fingerprint density at radius 3 is 2.12 bits per heavy atom. The van der Waals surface area contributed by atoms with Crippen LogP contribution in [0.5, 0.6) is 0 Å². The first kappa shape index (κ1) is 15.9. The molecule has 98 valence electrons. The lowest BCUT2D eigenvalue weighted by molar-refractivity contribution is 0.244. The molecule has 0 bridgehead atoms. The molecule has 0 aliphatic heterocycles. The van der Waals surface area contributed by atoms with E-state index in [1.54, 1.807) is 0 Å². The molecule has 0 saturated carbocycles. The lowest BCUT2D eigenvalue weighted by atomic mass is 10.0. The van der Waals surface area contributed by atoms with Crippen LogP contribution in [0.3, 0.4) is 0 Å². The Hall–Kier alpha value is -0.120. The summed E-state index contributed by atoms with van der Waals surface area (Å²) in [5, 5.41) is 3.56. The minimum atomic E-state index is 0.620. The lowest BCUT2D eigenvalue weighted by Gasteiger charge is -2.27. The maximum absolute atomic E-state index is 3.56. The molecule has 0 aromatic rings. The zero-order valence-electron chi connectivity index (χ0n) is 12.1. The largest absolute Gasteiger partial charge is 0.313 e. The number of nitrogens with zero attached hydrogens (tertiary/aromatic N) is 2. The molecule has 0 rings (SSSR count). The third kappa shape index (κ3) is 8.08. The minimum absolute atomic E-state index is 0.620. The molecule has 0 amide bonds. The van der Waals surface area contributed by atoms with Gasteiger partial charge in [-0.2, -0.15) is 0 Å². The summed E-state index contributed by atoms with van der Waals surface area (Å²) >= 11 is 0. The van der Waals surface area contributed by atoms with E-state index in [4.69, 9.17) is 0 Å². The molecule has 0 aliphatic carbocycles. The predicted molar refractivity (Wildman–Crippen MR) is 73.0 cm³/mol. The summed E-state index contributed by atoms with van der Waals surface area (Å²) in [6.07, 6.45) is 1.25. The third-order valence-electron chi connectivity index (χ3n) is 2.92. The van der Waals surface area contributed by atoms with Crippen molar-refractivity contribution in [2.45, 2.75) is 33.2 Å². The minimum Gasteiger partial charge on any atom is -0.313 e. The van der Waals surface area contributed by atoms with Crippen LogP contribution in [0.15, 0.2) is 0 Å². The van der Waals surface area contributed by atoms with Crippen molar-refractivity contribution in [2.75, 3.05) is 47.3 Å². The van der Waals surface area contributed by atoms with Gasteiger partial charge >= 0.3 is 0 Å². The molecule has 0 heterocycles. The Morgan fingerprint density at radius 1 is 1.06 bits per heavy atom. The summed E-state index contributed by atoms with van der Waals surface area (Å²) in [4.78, 5) is 4.69. The fourth-order valence-corrected chi connectivity index (χ4v) is 1.86. The summed E-state index contributed by atoms with van der Waals surface area (Å²) in [6.45, 7) is 11.3. The summed E-state index contributed by atoms with van der Waals surface area (Å²) in [7, 11) is 6.49. The molecule has 0 radical (unpaired) electrons. The number of rotatable bonds is 9. The molecule has 0 spiro atoms. The first-order chi connectivity index (χ1) is 7.47. The van der Waals surface area contributed by atoms with Crippen LogP contribution in [0.25, 0.3) is 0 Å². The average molecular weight is 229 g/mol. The van der Waals surface area contributed by atoms with Gasteiger partial charge in [0.2, 0.25) is 0 Å². The standard InChI is InChI=1S/C13H31N3/c1-7-14-13(12(2)3)11-16(6)10-8-9-15(4)5/h12-14H,7-11H2,1-6H3. The van der Waals surface area contributed by atoms with Crippen molar-refractivity contribution in [2.24, 2.45) is 5.92 Å². The molecule has 3 nitrogen and oxygen atoms in total. The second-order valence-corrected chi connectivity index (χ2v) is 5.33. The van der Waals surface area contributed by atoms with Gasteiger partial charge in [0.1, 0.15) is 0 Å². The number of nitrogens with one attached hydrogen (secondary N) is 1. The SMILES string of the molecule is CCNC(CN(C)CCCN(C)C)C(C)C. The predicted octanol–water partition coefficient (Wildman–Crippen LogP) is 1.50. The molecule has 0 saturated heterocycles. The molecule has 1 atom stereocenters. The summed E-state index contributed by atoms with van der Waals surface area (Å²) in [5.41, 5.74) is 0. The normalized spacial score (nSPS) is 14.1. The van der Waals surface area contributed by atoms with E-state index in [0.29, 0.717) is 12.0 Å². The van der Waals surface area contributed by atoms with Crippen LogP contribution in [0.1, 0.15) is 27.2 Å². The van der Waals surface area contributed by atoms with E-state index < -0.39 is 0 Å². The van der Waals surface area contributed by atoms with E-state index in [2.05, 4.69) is 57.0 Å². The van der Waals surface area contributed by atoms with Crippen molar-refractivity contribution in [3.05, 3.63) is 0 Å². The second kappa shape index (κ2) is 8.97. The van der Waals surface area contributed by atoms with Crippen LogP contribution < -0.4 is 5.32 Å². The van der Waals surface area contributed by atoms with Crippen LogP contribution in [0.4, 0.5) is 0 Å². The molecule has 0 aromatic heterocycles. The molecule has 3 heteroatoms. The fourth-order valence-electron chi connectivity index (χ4n) is 1.86. The smallest absolute Gasteiger partial charge is 0.0217 e. The van der Waals surface area contributed by atoms with Crippen LogP contribution in [0, 0.1) is 5.92 Å². The second-order valence-electron chi connectivity index (χ2n) is 5.33. The lowest BCUT2D eigenvalue weighted by Crippen LogP contribution is -2.43. The summed E-state index contributed by atoms with van der Waals surface area (Å²) < 4.78 is 0. The van der Waals surface area contributed by atoms with E-state index in [1.807, 2.05) is 0 Å². The molecule has 0 aromatic carbocycles. The molecule has 0 aliphatic rings. The van der Waals surface area contributed by atoms with Gasteiger partial charge in [-0.25, -0.2) is 0 Å². The van der Waals surface area contributed by atoms with Crippen molar-refractivity contribution in [1.82, 2.24) is 15.1 Å². The van der Waals surface area contributed by atoms with Gasteiger partial charge in [0.25, 0.3) is 0 Å². The highest BCUT2D eigenvalue weighted by Gasteiger charge is 2.13. The van der Waals surface area contributed by atoms with Crippen LogP contribution in [-0.4, -0.2) is 63.2 Å². The Bertz CT molecular complexity index is 157. The average Bonchev–Trinajstić information content (AvgIpc) is 2.16. The van der Waals surface area contributed by atoms with Gasteiger partial charge in [-0.05, 0) is 53.1 Å². The first-order valence-corrected chi connectivity index (χ1v) is 6.54. The maximum Gasteiger partial charge on any atom is 0.0217 e. The van der Waals surface area contributed by atoms with Gasteiger partial charge in [0, 0.05) is 12.6 Å². The van der Waals surface area contributed by atoms with Crippen LogP contribution >= 0.6 is 0 Å². The Kier molecular flexibility index (Phi) is 8.90. The molecular formula is C13H31N3. The summed E-state index contributed by atoms with van der Waals surface area (Å²) in [6, 6.07) is 0.620. The van der Waals surface area contributed by atoms with Crippen molar-refractivity contribution < 1.29 is 0 Å². The van der Waals surface area contributed by atoms with Gasteiger partial charge in [-0.3, -0.25) is 0 Å². The van der Waals surface area contributed by atoms with Crippen molar-refractivity contribution >= 4 is 0 Å². The van der Waals surface area contributed by atoms with E-state index >= 15 is 0 Å². The number of hydrogen-bond acceptors (Lipinski definition) is 3. The number of likely N-dealkylation sites (N-methyl/N-ethyl adjacent to an activating group) is 2.